The molecule has 8 nitrogen and oxygen atoms in total. The number of hydrogen-bond donors (Lipinski definition) is 1. The van der Waals surface area contributed by atoms with Crippen molar-refractivity contribution in [3.8, 4) is 0 Å². The van der Waals surface area contributed by atoms with Crippen molar-refractivity contribution in [2.24, 2.45) is 7.05 Å². The van der Waals surface area contributed by atoms with Gasteiger partial charge < -0.3 is 15.0 Å². The molecule has 0 aliphatic carbocycles. The SMILES string of the molecule is Cc1cc(CN(C)C(=O)CN2CC3(CCNCC3)OC2=O)n(C)n1. The van der Waals surface area contributed by atoms with Gasteiger partial charge in [0.25, 0.3) is 0 Å². The van der Waals surface area contributed by atoms with E-state index in [4.69, 9.17) is 4.74 Å². The highest BCUT2D eigenvalue weighted by molar-refractivity contribution is 5.83. The molecular formula is C16H25N5O3. The third-order valence-electron chi connectivity index (χ3n) is 4.81. The maximum absolute atomic E-state index is 12.5. The predicted octanol–water partition coefficient (Wildman–Crippen LogP) is 0.261. The highest BCUT2D eigenvalue weighted by Gasteiger charge is 2.46. The Morgan fingerprint density at radius 3 is 2.79 bits per heavy atom. The van der Waals surface area contributed by atoms with Crippen LogP contribution in [-0.4, -0.2) is 70.4 Å². The summed E-state index contributed by atoms with van der Waals surface area (Å²) in [5.74, 6) is -0.100. The van der Waals surface area contributed by atoms with Gasteiger partial charge in [-0.25, -0.2) is 4.79 Å². The molecule has 2 amide bonds. The van der Waals surface area contributed by atoms with Crippen LogP contribution in [0.1, 0.15) is 24.2 Å². The van der Waals surface area contributed by atoms with Crippen LogP contribution in [0.3, 0.4) is 0 Å². The van der Waals surface area contributed by atoms with Crippen LogP contribution in [-0.2, 0) is 23.1 Å². The second kappa shape index (κ2) is 6.43. The first-order chi connectivity index (χ1) is 11.4. The quantitative estimate of drug-likeness (QED) is 0.854. The summed E-state index contributed by atoms with van der Waals surface area (Å²) < 4.78 is 7.36. The summed E-state index contributed by atoms with van der Waals surface area (Å²) in [6.45, 7) is 4.63. The van der Waals surface area contributed by atoms with E-state index in [9.17, 15) is 9.59 Å². The highest BCUT2D eigenvalue weighted by Crippen LogP contribution is 2.30. The van der Waals surface area contributed by atoms with Crippen LogP contribution in [0.2, 0.25) is 0 Å². The number of piperidine rings is 1. The molecule has 0 saturated carbocycles. The Hall–Kier alpha value is -2.09. The molecule has 0 bridgehead atoms. The van der Waals surface area contributed by atoms with Crippen LogP contribution in [0, 0.1) is 6.92 Å². The van der Waals surface area contributed by atoms with Crippen molar-refractivity contribution >= 4 is 12.0 Å². The number of aromatic nitrogens is 2. The summed E-state index contributed by atoms with van der Waals surface area (Å²) in [7, 11) is 3.60. The first kappa shape index (κ1) is 16.8. The van der Waals surface area contributed by atoms with Gasteiger partial charge in [0.2, 0.25) is 5.91 Å². The maximum Gasteiger partial charge on any atom is 0.410 e. The first-order valence-electron chi connectivity index (χ1n) is 8.31. The summed E-state index contributed by atoms with van der Waals surface area (Å²) in [6.07, 6.45) is 1.22. The third-order valence-corrected chi connectivity index (χ3v) is 4.81. The van der Waals surface area contributed by atoms with Crippen molar-refractivity contribution < 1.29 is 14.3 Å². The lowest BCUT2D eigenvalue weighted by Gasteiger charge is -2.31. The van der Waals surface area contributed by atoms with Gasteiger partial charge in [0.1, 0.15) is 12.1 Å². The molecular weight excluding hydrogens is 310 g/mol. The minimum Gasteiger partial charge on any atom is -0.441 e. The monoisotopic (exact) mass is 335 g/mol. The lowest BCUT2D eigenvalue weighted by molar-refractivity contribution is -0.131. The van der Waals surface area contributed by atoms with Gasteiger partial charge in [0.15, 0.2) is 0 Å². The standard InChI is InChI=1S/C16H25N5O3/c1-12-8-13(20(3)18-12)9-19(2)14(22)10-21-11-16(24-15(21)23)4-6-17-7-5-16/h8,17H,4-7,9-11H2,1-3H3. The molecule has 8 heteroatoms. The molecule has 0 atom stereocenters. The fraction of sp³-hybridized carbons (Fsp3) is 0.688. The van der Waals surface area contributed by atoms with Crippen molar-refractivity contribution in [3.05, 3.63) is 17.5 Å². The molecule has 1 aromatic rings. The number of likely N-dealkylation sites (N-methyl/N-ethyl adjacent to an activating group) is 1. The van der Waals surface area contributed by atoms with E-state index >= 15 is 0 Å². The lowest BCUT2D eigenvalue weighted by atomic mass is 9.92. The normalized spacial score (nSPS) is 19.6. The first-order valence-corrected chi connectivity index (χ1v) is 8.31. The summed E-state index contributed by atoms with van der Waals surface area (Å²) in [5.41, 5.74) is 1.46. The van der Waals surface area contributed by atoms with E-state index in [0.717, 1.165) is 37.3 Å². The number of hydrogen-bond acceptors (Lipinski definition) is 5. The van der Waals surface area contributed by atoms with Crippen LogP contribution < -0.4 is 5.32 Å². The van der Waals surface area contributed by atoms with E-state index in [1.165, 1.54) is 4.90 Å². The Kier molecular flexibility index (Phi) is 4.49. The van der Waals surface area contributed by atoms with E-state index in [2.05, 4.69) is 10.4 Å². The third kappa shape index (κ3) is 3.38. The zero-order chi connectivity index (χ0) is 17.3. The van der Waals surface area contributed by atoms with Crippen molar-refractivity contribution in [2.45, 2.75) is 31.9 Å². The van der Waals surface area contributed by atoms with Crippen molar-refractivity contribution in [3.63, 3.8) is 0 Å². The average Bonchev–Trinajstić information content (AvgIpc) is 2.99. The fourth-order valence-corrected chi connectivity index (χ4v) is 3.38. The van der Waals surface area contributed by atoms with Crippen molar-refractivity contribution in [1.82, 2.24) is 24.9 Å². The fourth-order valence-electron chi connectivity index (χ4n) is 3.38. The van der Waals surface area contributed by atoms with Gasteiger partial charge in [-0.3, -0.25) is 14.4 Å². The van der Waals surface area contributed by atoms with E-state index in [1.54, 1.807) is 16.6 Å². The smallest absolute Gasteiger partial charge is 0.410 e. The minimum atomic E-state index is -0.416. The number of carbonyl (C=O) groups excluding carboxylic acids is 2. The van der Waals surface area contributed by atoms with Gasteiger partial charge in [0, 0.05) is 26.9 Å². The molecule has 2 fully saturated rings. The zero-order valence-electron chi connectivity index (χ0n) is 14.5. The molecule has 2 aliphatic heterocycles. The lowest BCUT2D eigenvalue weighted by Crippen LogP contribution is -2.46. The summed E-state index contributed by atoms with van der Waals surface area (Å²) in [6, 6.07) is 1.96. The molecule has 0 radical (unpaired) electrons. The summed E-state index contributed by atoms with van der Waals surface area (Å²) >= 11 is 0. The number of aryl methyl sites for hydroxylation is 2. The van der Waals surface area contributed by atoms with Crippen LogP contribution in [0.25, 0.3) is 0 Å². The molecule has 1 aromatic heterocycles. The Morgan fingerprint density at radius 2 is 2.17 bits per heavy atom. The van der Waals surface area contributed by atoms with E-state index < -0.39 is 5.60 Å². The molecule has 24 heavy (non-hydrogen) atoms. The second-order valence-electron chi connectivity index (χ2n) is 6.81. The molecule has 3 rings (SSSR count). The van der Waals surface area contributed by atoms with Gasteiger partial charge in [0.05, 0.1) is 24.5 Å². The minimum absolute atomic E-state index is 0.0569. The maximum atomic E-state index is 12.5. The van der Waals surface area contributed by atoms with Crippen LogP contribution >= 0.6 is 0 Å². The second-order valence-corrected chi connectivity index (χ2v) is 6.81. The van der Waals surface area contributed by atoms with Gasteiger partial charge in [-0.15, -0.1) is 0 Å². The number of ether oxygens (including phenoxy) is 1. The van der Waals surface area contributed by atoms with Crippen LogP contribution in [0.4, 0.5) is 4.79 Å². The molecule has 132 valence electrons. The highest BCUT2D eigenvalue weighted by atomic mass is 16.6. The van der Waals surface area contributed by atoms with Gasteiger partial charge in [-0.2, -0.15) is 5.10 Å². The topological polar surface area (TPSA) is 79.7 Å². The number of rotatable bonds is 4. The number of nitrogens with one attached hydrogen (secondary N) is 1. The summed E-state index contributed by atoms with van der Waals surface area (Å²) in [4.78, 5) is 27.7. The largest absolute Gasteiger partial charge is 0.441 e. The van der Waals surface area contributed by atoms with Gasteiger partial charge in [-0.1, -0.05) is 0 Å². The average molecular weight is 335 g/mol. The Labute approximate surface area is 141 Å². The summed E-state index contributed by atoms with van der Waals surface area (Å²) in [5, 5.41) is 7.55. The molecule has 0 aromatic carbocycles. The number of nitrogens with zero attached hydrogens (tertiary/aromatic N) is 4. The van der Waals surface area contributed by atoms with Crippen LogP contribution in [0.5, 0.6) is 0 Å². The van der Waals surface area contributed by atoms with Gasteiger partial charge in [-0.05, 0) is 26.1 Å². The Balaban J connectivity index is 1.58. The predicted molar refractivity (Wildman–Crippen MR) is 87.3 cm³/mol. The van der Waals surface area contributed by atoms with Crippen molar-refractivity contribution in [2.75, 3.05) is 33.2 Å². The number of carbonyl (C=O) groups is 2. The van der Waals surface area contributed by atoms with Gasteiger partial charge >= 0.3 is 6.09 Å². The Morgan fingerprint density at radius 1 is 1.46 bits per heavy atom. The van der Waals surface area contributed by atoms with Crippen LogP contribution in [0.15, 0.2) is 6.07 Å². The molecule has 3 heterocycles. The molecule has 1 spiro atoms. The van der Waals surface area contributed by atoms with E-state index in [0.29, 0.717) is 13.1 Å². The van der Waals surface area contributed by atoms with E-state index in [1.807, 2.05) is 20.0 Å². The molecule has 1 N–H and O–H groups in total. The Bertz CT molecular complexity index is 636. The zero-order valence-corrected chi connectivity index (χ0v) is 14.5. The van der Waals surface area contributed by atoms with Crippen molar-refractivity contribution in [1.29, 1.82) is 0 Å². The molecule has 2 saturated heterocycles. The molecule has 2 aliphatic rings. The van der Waals surface area contributed by atoms with E-state index in [-0.39, 0.29) is 18.5 Å². The molecule has 0 unspecified atom stereocenters. The number of amides is 2.